The molecule has 0 radical (unpaired) electrons. The number of ether oxygens (including phenoxy) is 2. The molecular formula is C42H63N3O6. The number of cyclic esters (lactones) is 1. The Morgan fingerprint density at radius 2 is 1.63 bits per heavy atom. The monoisotopic (exact) mass is 705 g/mol. The maximum absolute atomic E-state index is 13.5. The largest absolute Gasteiger partial charge is 0.464 e. The molecule has 9 nitrogen and oxygen atoms in total. The van der Waals surface area contributed by atoms with Crippen molar-refractivity contribution in [2.75, 3.05) is 39.3 Å². The number of esters is 2. The summed E-state index contributed by atoms with van der Waals surface area (Å²) in [4.78, 5) is 31.5. The molecule has 2 fully saturated rings. The SMILES string of the molecule is Cc1ccc(CN2CCN(CCOC(=O)[C@@H]3CCC[C@H]3[C@@H]3C/C=C/C=C(/C#N)[C@H](O)[C@@H](C)C[C@H](C)C[C@H](C)C[C@H](C)[C@@H](O)CC(=O)O3)CC2)cc1. The van der Waals surface area contributed by atoms with Crippen molar-refractivity contribution in [2.24, 2.45) is 35.5 Å². The minimum atomic E-state index is -0.873. The number of carbonyl (C=O) groups is 2. The topological polar surface area (TPSA) is 123 Å². The van der Waals surface area contributed by atoms with Gasteiger partial charge in [-0.05, 0) is 74.3 Å². The number of hydrogen-bond donors (Lipinski definition) is 2. The molecule has 2 N–H and O–H groups in total. The summed E-state index contributed by atoms with van der Waals surface area (Å²) < 4.78 is 11.9. The van der Waals surface area contributed by atoms with Gasteiger partial charge in [-0.3, -0.25) is 19.4 Å². The van der Waals surface area contributed by atoms with E-state index in [0.717, 1.165) is 64.8 Å². The number of benzene rings is 1. The zero-order valence-corrected chi connectivity index (χ0v) is 31.7. The van der Waals surface area contributed by atoms with Crippen LogP contribution in [0.25, 0.3) is 0 Å². The van der Waals surface area contributed by atoms with Crippen LogP contribution in [0, 0.1) is 53.8 Å². The molecule has 0 amide bonds. The van der Waals surface area contributed by atoms with Crippen molar-refractivity contribution in [1.82, 2.24) is 9.80 Å². The second-order valence-electron chi connectivity index (χ2n) is 16.0. The molecule has 282 valence electrons. The number of piperazine rings is 1. The number of aliphatic hydroxyl groups is 2. The van der Waals surface area contributed by atoms with Gasteiger partial charge in [0.2, 0.25) is 0 Å². The molecule has 0 unspecified atom stereocenters. The lowest BCUT2D eigenvalue weighted by molar-refractivity contribution is -0.161. The number of rotatable bonds is 7. The van der Waals surface area contributed by atoms with Gasteiger partial charge in [0.05, 0.1) is 36.2 Å². The standard InChI is InChI=1S/C42H63N3O6/c1-29-13-15-34(16-14-29)28-45-19-17-44(18-20-45)21-22-50-42(49)37-11-8-10-36(37)39-12-7-6-9-35(27-43)41(48)33(5)25-31(3)23-30(2)24-32(4)38(46)26-40(47)51-39/h6-7,9,13-16,30-33,36-39,41,46,48H,8,10-12,17-26,28H2,1-5H3/b7-6+,35-9-/t30-,31+,32-,33-,36+,37+,38-,39-,41+/m0/s1. The fourth-order valence-corrected chi connectivity index (χ4v) is 8.46. The lowest BCUT2D eigenvalue weighted by Gasteiger charge is -2.34. The van der Waals surface area contributed by atoms with Crippen LogP contribution >= 0.6 is 0 Å². The molecule has 1 saturated carbocycles. The first-order valence-corrected chi connectivity index (χ1v) is 19.4. The van der Waals surface area contributed by atoms with E-state index < -0.39 is 24.3 Å². The highest BCUT2D eigenvalue weighted by molar-refractivity contribution is 5.74. The van der Waals surface area contributed by atoms with Crippen LogP contribution in [0.1, 0.15) is 90.2 Å². The van der Waals surface area contributed by atoms with Crippen LogP contribution in [0.2, 0.25) is 0 Å². The lowest BCUT2D eigenvalue weighted by atomic mass is 9.82. The molecule has 1 aliphatic carbocycles. The van der Waals surface area contributed by atoms with Crippen LogP contribution in [0.3, 0.4) is 0 Å². The molecule has 3 aliphatic rings. The summed E-state index contributed by atoms with van der Waals surface area (Å²) in [6, 6.07) is 10.9. The summed E-state index contributed by atoms with van der Waals surface area (Å²) in [5, 5.41) is 31.8. The van der Waals surface area contributed by atoms with E-state index in [1.807, 2.05) is 19.9 Å². The second kappa shape index (κ2) is 20.3. The third-order valence-corrected chi connectivity index (χ3v) is 11.4. The fraction of sp³-hybridized carbons (Fsp3) is 0.690. The first-order valence-electron chi connectivity index (χ1n) is 19.4. The van der Waals surface area contributed by atoms with Crippen molar-refractivity contribution in [3.05, 3.63) is 59.2 Å². The van der Waals surface area contributed by atoms with E-state index in [-0.39, 0.29) is 36.1 Å². The zero-order chi connectivity index (χ0) is 36.9. The summed E-state index contributed by atoms with van der Waals surface area (Å²) in [7, 11) is 0. The Kier molecular flexibility index (Phi) is 16.2. The highest BCUT2D eigenvalue weighted by Gasteiger charge is 2.41. The molecule has 2 aliphatic heterocycles. The number of nitrogens with zero attached hydrogens (tertiary/aromatic N) is 3. The van der Waals surface area contributed by atoms with Crippen molar-refractivity contribution in [3.63, 3.8) is 0 Å². The molecular weight excluding hydrogens is 642 g/mol. The molecule has 4 rings (SSSR count). The highest BCUT2D eigenvalue weighted by Crippen LogP contribution is 2.38. The first kappa shape index (κ1) is 40.7. The van der Waals surface area contributed by atoms with E-state index in [9.17, 15) is 25.1 Å². The second-order valence-corrected chi connectivity index (χ2v) is 16.0. The Morgan fingerprint density at radius 3 is 2.31 bits per heavy atom. The van der Waals surface area contributed by atoms with E-state index in [1.165, 1.54) is 11.1 Å². The minimum absolute atomic E-state index is 0.0824. The van der Waals surface area contributed by atoms with Gasteiger partial charge in [0.25, 0.3) is 0 Å². The Bertz CT molecular complexity index is 1350. The average Bonchev–Trinajstić information content (AvgIpc) is 3.59. The number of nitriles is 1. The number of aliphatic hydroxyl groups excluding tert-OH is 2. The molecule has 9 atom stereocenters. The number of carbonyl (C=O) groups excluding carboxylic acids is 2. The van der Waals surface area contributed by atoms with Crippen molar-refractivity contribution in [1.29, 1.82) is 5.26 Å². The molecule has 0 bridgehead atoms. The van der Waals surface area contributed by atoms with Crippen LogP contribution in [-0.4, -0.2) is 89.6 Å². The molecule has 0 spiro atoms. The quantitative estimate of drug-likeness (QED) is 0.319. The number of hydrogen-bond acceptors (Lipinski definition) is 9. The third kappa shape index (κ3) is 12.9. The van der Waals surface area contributed by atoms with Crippen LogP contribution in [-0.2, 0) is 25.6 Å². The van der Waals surface area contributed by atoms with Crippen LogP contribution < -0.4 is 0 Å². The Labute approximate surface area is 306 Å². The normalized spacial score (nSPS) is 34.3. The van der Waals surface area contributed by atoms with E-state index >= 15 is 0 Å². The first-order chi connectivity index (χ1) is 24.4. The highest BCUT2D eigenvalue weighted by atomic mass is 16.5. The molecule has 0 aromatic heterocycles. The van der Waals surface area contributed by atoms with Crippen LogP contribution in [0.15, 0.2) is 48.1 Å². The molecule has 9 heteroatoms. The van der Waals surface area contributed by atoms with Gasteiger partial charge in [0.15, 0.2) is 0 Å². The molecule has 1 saturated heterocycles. The van der Waals surface area contributed by atoms with Gasteiger partial charge < -0.3 is 19.7 Å². The predicted molar refractivity (Wildman–Crippen MR) is 199 cm³/mol. The summed E-state index contributed by atoms with van der Waals surface area (Å²) in [6.45, 7) is 16.1. The van der Waals surface area contributed by atoms with E-state index in [0.29, 0.717) is 43.4 Å². The van der Waals surface area contributed by atoms with E-state index in [4.69, 9.17) is 9.47 Å². The van der Waals surface area contributed by atoms with E-state index in [2.05, 4.69) is 60.9 Å². The maximum Gasteiger partial charge on any atom is 0.309 e. The smallest absolute Gasteiger partial charge is 0.309 e. The number of allylic oxidation sites excluding steroid dienone is 2. The lowest BCUT2D eigenvalue weighted by Crippen LogP contribution is -2.47. The van der Waals surface area contributed by atoms with Gasteiger partial charge in [0.1, 0.15) is 12.7 Å². The van der Waals surface area contributed by atoms with Gasteiger partial charge in [-0.2, -0.15) is 5.26 Å². The summed E-state index contributed by atoms with van der Waals surface area (Å²) in [6.07, 6.45) is 7.96. The van der Waals surface area contributed by atoms with Gasteiger partial charge in [-0.25, -0.2) is 0 Å². The van der Waals surface area contributed by atoms with Gasteiger partial charge in [-0.15, -0.1) is 0 Å². The average molecular weight is 706 g/mol. The molecule has 2 heterocycles. The summed E-state index contributed by atoms with van der Waals surface area (Å²) >= 11 is 0. The van der Waals surface area contributed by atoms with Crippen LogP contribution in [0.4, 0.5) is 0 Å². The summed E-state index contributed by atoms with van der Waals surface area (Å²) in [5.74, 6) is -0.791. The molecule has 51 heavy (non-hydrogen) atoms. The third-order valence-electron chi connectivity index (χ3n) is 11.4. The Hall–Kier alpha value is -3.03. The van der Waals surface area contributed by atoms with Gasteiger partial charge >= 0.3 is 11.9 Å². The summed E-state index contributed by atoms with van der Waals surface area (Å²) in [5.41, 5.74) is 2.90. The van der Waals surface area contributed by atoms with Crippen molar-refractivity contribution in [2.45, 2.75) is 111 Å². The Morgan fingerprint density at radius 1 is 0.961 bits per heavy atom. The maximum atomic E-state index is 13.5. The van der Waals surface area contributed by atoms with Crippen molar-refractivity contribution >= 4 is 11.9 Å². The van der Waals surface area contributed by atoms with Crippen molar-refractivity contribution < 1.29 is 29.3 Å². The van der Waals surface area contributed by atoms with E-state index in [1.54, 1.807) is 12.2 Å². The molecule has 1 aromatic carbocycles. The predicted octanol–water partition coefficient (Wildman–Crippen LogP) is 6.22. The molecule has 1 aromatic rings. The Balaban J connectivity index is 1.36. The van der Waals surface area contributed by atoms with Gasteiger partial charge in [-0.1, -0.05) is 76.1 Å². The minimum Gasteiger partial charge on any atom is -0.464 e. The number of aryl methyl sites for hydroxylation is 1. The fourth-order valence-electron chi connectivity index (χ4n) is 8.46. The zero-order valence-electron chi connectivity index (χ0n) is 31.7. The van der Waals surface area contributed by atoms with Crippen molar-refractivity contribution in [3.8, 4) is 6.07 Å². The van der Waals surface area contributed by atoms with Gasteiger partial charge in [0, 0.05) is 51.6 Å². The van der Waals surface area contributed by atoms with Crippen LogP contribution in [0.5, 0.6) is 0 Å².